The number of amides is 5. The van der Waals surface area contributed by atoms with Gasteiger partial charge in [-0.3, -0.25) is 24.0 Å². The second-order valence-electron chi connectivity index (χ2n) is 15.2. The summed E-state index contributed by atoms with van der Waals surface area (Å²) in [6.45, 7) is 5.87. The van der Waals surface area contributed by atoms with Crippen LogP contribution in [0.25, 0.3) is 0 Å². The molecule has 0 spiro atoms. The first-order chi connectivity index (χ1) is 28.2. The molecule has 17 nitrogen and oxygen atoms in total. The Bertz CT molecular complexity index is 1190. The first-order valence-electron chi connectivity index (χ1n) is 21.3. The summed E-state index contributed by atoms with van der Waals surface area (Å²) in [5.74, 6) is 1.01. The highest BCUT2D eigenvalue weighted by Crippen LogP contribution is 2.27. The van der Waals surface area contributed by atoms with E-state index in [9.17, 15) is 49.5 Å². The third kappa shape index (κ3) is 26.0. The molecule has 0 saturated carbocycles. The molecular weight excluding hydrogens is 807 g/mol. The number of carbonyl (C=O) groups excluding carboxylic acids is 5. The predicted octanol–water partition coefficient (Wildman–Crippen LogP) is 1.19. The highest BCUT2D eigenvalue weighted by molar-refractivity contribution is 8.00. The van der Waals surface area contributed by atoms with Crippen LogP contribution in [0.4, 0.5) is 0 Å². The summed E-state index contributed by atoms with van der Waals surface area (Å²) in [5.41, 5.74) is 3.81. The summed E-state index contributed by atoms with van der Waals surface area (Å²) in [4.78, 5) is 57.0. The number of thioether (sulfide) groups is 2. The maximum atomic E-state index is 12.2. The first-order valence-corrected chi connectivity index (χ1v) is 23.4. The van der Waals surface area contributed by atoms with Crippen LogP contribution in [-0.2, 0) is 33.4 Å². The fourth-order valence-corrected chi connectivity index (χ4v) is 8.88. The van der Waals surface area contributed by atoms with Gasteiger partial charge in [-0.25, -0.2) is 0 Å². The van der Waals surface area contributed by atoms with E-state index in [0.29, 0.717) is 32.4 Å². The molecule has 0 aromatic carbocycles. The van der Waals surface area contributed by atoms with Crippen LogP contribution in [0.3, 0.4) is 0 Å². The Morgan fingerprint density at radius 3 is 1.42 bits per heavy atom. The zero-order valence-corrected chi connectivity index (χ0v) is 37.1. The molecular formula is C40H75N5O12S2. The van der Waals surface area contributed by atoms with Crippen LogP contribution < -0.4 is 27.0 Å². The number of nitrogens with two attached hydrogens (primary N) is 1. The van der Waals surface area contributed by atoms with E-state index in [0.717, 1.165) is 95.0 Å². The lowest BCUT2D eigenvalue weighted by atomic mass is 9.95. The molecule has 2 heterocycles. The molecule has 2 rings (SSSR count). The van der Waals surface area contributed by atoms with E-state index in [-0.39, 0.29) is 55.3 Å². The Morgan fingerprint density at radius 1 is 0.644 bits per heavy atom. The number of hydrogen-bond donors (Lipinski definition) is 10. The molecule has 59 heavy (non-hydrogen) atoms. The summed E-state index contributed by atoms with van der Waals surface area (Å²) < 4.78 is 11.2. The number of aliphatic hydroxyl groups excluding tert-OH is 5. The number of carbonyl (C=O) groups is 5. The van der Waals surface area contributed by atoms with Crippen molar-refractivity contribution in [1.29, 1.82) is 0 Å². The Balaban J connectivity index is 0.00000327. The Labute approximate surface area is 359 Å². The van der Waals surface area contributed by atoms with Crippen LogP contribution in [-0.4, -0.2) is 147 Å². The summed E-state index contributed by atoms with van der Waals surface area (Å²) in [6.07, 6.45) is 8.67. The molecule has 3 unspecified atom stereocenters. The molecule has 5 amide bonds. The Kier molecular flexibility index (Phi) is 31.0. The lowest BCUT2D eigenvalue weighted by Crippen LogP contribution is -2.59. The van der Waals surface area contributed by atoms with E-state index in [4.69, 9.17) is 9.47 Å². The predicted molar refractivity (Wildman–Crippen MR) is 229 cm³/mol. The van der Waals surface area contributed by atoms with Gasteiger partial charge in [0, 0.05) is 52.8 Å². The molecule has 2 saturated heterocycles. The minimum Gasteiger partial charge on any atom is -0.396 e. The van der Waals surface area contributed by atoms with E-state index in [2.05, 4.69) is 27.0 Å². The fraction of sp³-hybridized carbons (Fsp3) is 0.875. The standard InChI is InChI=1S/C37H68N4O11S2.C3H7NO/c1-25(43)40-32-34(49)28(45)23-51-36(32)53-20-12-4-10-18-38-30(47)16-7-3-6-14-27(22-42)15-8-9-17-31(48)39-19-11-5-13-21-54-37-33(41-26(2)44)35(50)29(46)24-52-37;1-2-3(4)5/h27-29,32-37,42,45-46,49-50H,3-24H2,1-2H3,(H,38,47)(H,39,48)(H,40,43)(H,41,44);2H2,1H3,(H2,4,5)/t27?,28-,29-,32?,33?,34+,35+,36-,37-;/m0./s1. The Morgan fingerprint density at radius 2 is 1.03 bits per heavy atom. The van der Waals surface area contributed by atoms with Crippen molar-refractivity contribution < 1.29 is 59.0 Å². The van der Waals surface area contributed by atoms with Crippen LogP contribution >= 0.6 is 23.5 Å². The van der Waals surface area contributed by atoms with Crippen molar-refractivity contribution in [1.82, 2.24) is 21.3 Å². The zero-order valence-electron chi connectivity index (χ0n) is 35.4. The van der Waals surface area contributed by atoms with Gasteiger partial charge in [-0.2, -0.15) is 0 Å². The van der Waals surface area contributed by atoms with E-state index < -0.39 is 47.4 Å². The molecule has 0 aromatic heterocycles. The van der Waals surface area contributed by atoms with Gasteiger partial charge >= 0.3 is 0 Å². The van der Waals surface area contributed by atoms with Crippen LogP contribution in [0.5, 0.6) is 0 Å². The summed E-state index contributed by atoms with van der Waals surface area (Å²) >= 11 is 3.01. The van der Waals surface area contributed by atoms with E-state index >= 15 is 0 Å². The normalized spacial score (nSPS) is 24.5. The van der Waals surface area contributed by atoms with E-state index in [1.165, 1.54) is 37.4 Å². The van der Waals surface area contributed by atoms with Crippen molar-refractivity contribution in [3.63, 3.8) is 0 Å². The van der Waals surface area contributed by atoms with Gasteiger partial charge in [0.2, 0.25) is 29.5 Å². The number of unbranched alkanes of at least 4 members (excludes halogenated alkanes) is 7. The number of primary amides is 1. The zero-order chi connectivity index (χ0) is 44.0. The molecule has 2 fully saturated rings. The van der Waals surface area contributed by atoms with Gasteiger partial charge in [0.05, 0.1) is 25.3 Å². The van der Waals surface area contributed by atoms with Crippen molar-refractivity contribution in [3.05, 3.63) is 0 Å². The van der Waals surface area contributed by atoms with Crippen LogP contribution in [0, 0.1) is 5.92 Å². The molecule has 19 heteroatoms. The number of nitrogens with one attached hydrogen (secondary N) is 4. The van der Waals surface area contributed by atoms with Gasteiger partial charge in [0.25, 0.3) is 0 Å². The van der Waals surface area contributed by atoms with Gasteiger partial charge in [0.15, 0.2) is 0 Å². The molecule has 0 aromatic rings. The van der Waals surface area contributed by atoms with E-state index in [1.54, 1.807) is 6.92 Å². The quantitative estimate of drug-likeness (QED) is 0.0473. The largest absolute Gasteiger partial charge is 0.396 e. The third-order valence-electron chi connectivity index (χ3n) is 9.95. The molecule has 344 valence electrons. The highest BCUT2D eigenvalue weighted by Gasteiger charge is 2.40. The average Bonchev–Trinajstić information content (AvgIpc) is 3.19. The number of rotatable bonds is 29. The SMILES string of the molecule is CC(=O)NC1[C@H](SCCCCCNC(=O)CCCCCC(CO)CCCCC(=O)NCCCCCS[C@@H]2OC[C@H](O)[C@@H](O)C2NC(C)=O)OC[C@H](O)[C@H]1O.CCC(N)=O. The van der Waals surface area contributed by atoms with Crippen molar-refractivity contribution in [2.75, 3.05) is 44.4 Å². The monoisotopic (exact) mass is 881 g/mol. The smallest absolute Gasteiger partial charge is 0.219 e. The maximum absolute atomic E-state index is 12.2. The molecule has 2 aliphatic heterocycles. The summed E-state index contributed by atoms with van der Waals surface area (Å²) in [5, 5.41) is 61.2. The highest BCUT2D eigenvalue weighted by atomic mass is 32.2. The molecule has 11 N–H and O–H groups in total. The summed E-state index contributed by atoms with van der Waals surface area (Å²) in [7, 11) is 0. The van der Waals surface area contributed by atoms with Crippen LogP contribution in [0.1, 0.15) is 124 Å². The number of aliphatic hydroxyl groups is 5. The first kappa shape index (κ1) is 54.8. The maximum Gasteiger partial charge on any atom is 0.219 e. The van der Waals surface area contributed by atoms with Gasteiger partial charge < -0.3 is 62.0 Å². The lowest BCUT2D eigenvalue weighted by Gasteiger charge is -2.38. The third-order valence-corrected chi connectivity index (χ3v) is 12.5. The molecule has 0 aliphatic carbocycles. The Hall–Kier alpha value is -2.23. The molecule has 2 aliphatic rings. The van der Waals surface area contributed by atoms with Crippen LogP contribution in [0.2, 0.25) is 0 Å². The second-order valence-corrected chi connectivity index (χ2v) is 17.7. The molecule has 0 bridgehead atoms. The fourth-order valence-electron chi connectivity index (χ4n) is 6.45. The van der Waals surface area contributed by atoms with Crippen molar-refractivity contribution in [2.24, 2.45) is 11.7 Å². The van der Waals surface area contributed by atoms with E-state index in [1.807, 2.05) is 0 Å². The number of hydrogen-bond acceptors (Lipinski definition) is 14. The topological polar surface area (TPSA) is 279 Å². The molecule has 9 atom stereocenters. The van der Waals surface area contributed by atoms with Crippen molar-refractivity contribution in [3.8, 4) is 0 Å². The van der Waals surface area contributed by atoms with Gasteiger partial charge in [0.1, 0.15) is 35.3 Å². The number of ether oxygens (including phenoxy) is 2. The average molecular weight is 882 g/mol. The van der Waals surface area contributed by atoms with Crippen LogP contribution in [0.15, 0.2) is 0 Å². The minimum absolute atomic E-state index is 0.0284. The van der Waals surface area contributed by atoms with Crippen molar-refractivity contribution >= 4 is 53.1 Å². The second kappa shape index (κ2) is 33.4. The van der Waals surface area contributed by atoms with Crippen molar-refractivity contribution in [2.45, 2.75) is 171 Å². The van der Waals surface area contributed by atoms with Gasteiger partial charge in [-0.15, -0.1) is 23.5 Å². The van der Waals surface area contributed by atoms with Gasteiger partial charge in [-0.1, -0.05) is 39.0 Å². The molecule has 0 radical (unpaired) electrons. The lowest BCUT2D eigenvalue weighted by molar-refractivity contribution is -0.134. The minimum atomic E-state index is -1.07. The summed E-state index contributed by atoms with van der Waals surface area (Å²) in [6, 6.07) is -1.32. The van der Waals surface area contributed by atoms with Gasteiger partial charge in [-0.05, 0) is 68.8 Å².